The highest BCUT2D eigenvalue weighted by molar-refractivity contribution is 5.64. The van der Waals surface area contributed by atoms with Gasteiger partial charge in [0.05, 0.1) is 0 Å². The number of hydrogen-bond donors (Lipinski definition) is 0. The highest BCUT2D eigenvalue weighted by Crippen LogP contribution is 2.29. The molecule has 4 aromatic rings. The van der Waals surface area contributed by atoms with E-state index in [1.165, 1.54) is 12.3 Å². The Bertz CT molecular complexity index is 1180. The maximum Gasteiger partial charge on any atom is 0.212 e. The summed E-state index contributed by atoms with van der Waals surface area (Å²) in [4.78, 5) is 10.6. The van der Waals surface area contributed by atoms with Gasteiger partial charge in [-0.05, 0) is 37.6 Å². The quantitative estimate of drug-likeness (QED) is 0.502. The van der Waals surface area contributed by atoms with Crippen LogP contribution in [0.1, 0.15) is 22.4 Å². The van der Waals surface area contributed by atoms with Gasteiger partial charge in [0.25, 0.3) is 0 Å². The second-order valence-electron chi connectivity index (χ2n) is 7.04. The van der Waals surface area contributed by atoms with Crippen molar-refractivity contribution in [3.05, 3.63) is 65.3 Å². The molecule has 0 radical (unpaired) electrons. The van der Waals surface area contributed by atoms with Gasteiger partial charge in [-0.2, -0.15) is 8.91 Å². The SMILES string of the molecule is Cc1c(N2CCc3ncc(-c4ccc(F)nc4)cc3C2)nn2cnnc2c1C. The van der Waals surface area contributed by atoms with Crippen LogP contribution in [0.15, 0.2) is 36.9 Å². The zero-order chi connectivity index (χ0) is 19.3. The minimum absolute atomic E-state index is 0.484. The van der Waals surface area contributed by atoms with Crippen LogP contribution < -0.4 is 4.90 Å². The summed E-state index contributed by atoms with van der Waals surface area (Å²) in [5, 5.41) is 12.8. The van der Waals surface area contributed by atoms with E-state index < -0.39 is 5.95 Å². The third-order valence-electron chi connectivity index (χ3n) is 5.37. The molecule has 0 aromatic carbocycles. The van der Waals surface area contributed by atoms with Gasteiger partial charge in [0.15, 0.2) is 11.5 Å². The number of rotatable bonds is 2. The van der Waals surface area contributed by atoms with E-state index in [9.17, 15) is 4.39 Å². The van der Waals surface area contributed by atoms with Crippen molar-refractivity contribution >= 4 is 11.5 Å². The van der Waals surface area contributed by atoms with E-state index in [0.29, 0.717) is 6.54 Å². The Morgan fingerprint density at radius 1 is 1.04 bits per heavy atom. The van der Waals surface area contributed by atoms with Crippen LogP contribution >= 0.6 is 0 Å². The molecule has 0 atom stereocenters. The van der Waals surface area contributed by atoms with Crippen LogP contribution in [-0.2, 0) is 13.0 Å². The molecule has 0 aliphatic carbocycles. The molecule has 1 aliphatic heterocycles. The van der Waals surface area contributed by atoms with Gasteiger partial charge in [0.2, 0.25) is 5.95 Å². The van der Waals surface area contributed by atoms with E-state index in [4.69, 9.17) is 5.10 Å². The zero-order valence-corrected chi connectivity index (χ0v) is 15.6. The molecule has 0 saturated carbocycles. The fourth-order valence-corrected chi connectivity index (χ4v) is 3.67. The standard InChI is InChI=1S/C20H18FN7/c1-12-13(2)20(26-28-11-24-25-19(12)28)27-6-5-17-16(10-27)7-15(9-22-17)14-3-4-18(21)23-8-14/h3-4,7-9,11H,5-6,10H2,1-2H3. The lowest BCUT2D eigenvalue weighted by Crippen LogP contribution is -2.32. The number of halogens is 1. The molecule has 140 valence electrons. The summed E-state index contributed by atoms with van der Waals surface area (Å²) in [6.07, 6.45) is 5.84. The summed E-state index contributed by atoms with van der Waals surface area (Å²) in [5.74, 6) is 0.450. The highest BCUT2D eigenvalue weighted by Gasteiger charge is 2.22. The van der Waals surface area contributed by atoms with Crippen LogP contribution in [0.4, 0.5) is 10.2 Å². The van der Waals surface area contributed by atoms with Crippen molar-refractivity contribution in [1.29, 1.82) is 0 Å². The predicted octanol–water partition coefficient (Wildman–Crippen LogP) is 2.90. The van der Waals surface area contributed by atoms with Gasteiger partial charge in [-0.15, -0.1) is 15.3 Å². The fraction of sp³-hybridized carbons (Fsp3) is 0.250. The van der Waals surface area contributed by atoms with E-state index in [2.05, 4.69) is 38.1 Å². The number of hydrogen-bond acceptors (Lipinski definition) is 6. The molecule has 4 aromatic heterocycles. The van der Waals surface area contributed by atoms with Crippen molar-refractivity contribution in [2.75, 3.05) is 11.4 Å². The summed E-state index contributed by atoms with van der Waals surface area (Å²) in [6, 6.07) is 5.20. The summed E-state index contributed by atoms with van der Waals surface area (Å²) >= 11 is 0. The third-order valence-corrected chi connectivity index (χ3v) is 5.37. The summed E-state index contributed by atoms with van der Waals surface area (Å²) in [6.45, 7) is 5.68. The summed E-state index contributed by atoms with van der Waals surface area (Å²) in [5.41, 5.74) is 7.00. The molecule has 28 heavy (non-hydrogen) atoms. The van der Waals surface area contributed by atoms with Gasteiger partial charge in [0.1, 0.15) is 6.33 Å². The van der Waals surface area contributed by atoms with Crippen LogP contribution in [-0.4, -0.2) is 36.3 Å². The van der Waals surface area contributed by atoms with Crippen molar-refractivity contribution in [2.45, 2.75) is 26.8 Å². The fourth-order valence-electron chi connectivity index (χ4n) is 3.67. The molecule has 0 saturated heterocycles. The lowest BCUT2D eigenvalue weighted by molar-refractivity contribution is 0.584. The van der Waals surface area contributed by atoms with Crippen molar-refractivity contribution in [2.24, 2.45) is 0 Å². The van der Waals surface area contributed by atoms with Gasteiger partial charge >= 0.3 is 0 Å². The second-order valence-corrected chi connectivity index (χ2v) is 7.04. The normalized spacial score (nSPS) is 13.8. The highest BCUT2D eigenvalue weighted by atomic mass is 19.1. The summed E-state index contributed by atoms with van der Waals surface area (Å²) < 4.78 is 14.8. The molecule has 0 bridgehead atoms. The number of aromatic nitrogens is 6. The number of anilines is 1. The van der Waals surface area contributed by atoms with Crippen molar-refractivity contribution in [3.63, 3.8) is 0 Å². The smallest absolute Gasteiger partial charge is 0.212 e. The molecule has 8 heteroatoms. The van der Waals surface area contributed by atoms with Gasteiger partial charge < -0.3 is 4.90 Å². The van der Waals surface area contributed by atoms with E-state index in [1.54, 1.807) is 16.9 Å². The van der Waals surface area contributed by atoms with Crippen LogP contribution in [0.25, 0.3) is 16.8 Å². The lowest BCUT2D eigenvalue weighted by Gasteiger charge is -2.30. The molecule has 0 fully saturated rings. The number of fused-ring (bicyclic) bond motifs is 2. The third kappa shape index (κ3) is 2.69. The van der Waals surface area contributed by atoms with Crippen LogP contribution in [0.2, 0.25) is 0 Å². The molecule has 0 amide bonds. The zero-order valence-electron chi connectivity index (χ0n) is 15.6. The van der Waals surface area contributed by atoms with Crippen molar-refractivity contribution < 1.29 is 4.39 Å². The molecule has 1 aliphatic rings. The van der Waals surface area contributed by atoms with E-state index in [1.807, 2.05) is 13.1 Å². The first-order valence-corrected chi connectivity index (χ1v) is 9.12. The molecule has 5 heterocycles. The van der Waals surface area contributed by atoms with Crippen LogP contribution in [0.3, 0.4) is 0 Å². The predicted molar refractivity (Wildman–Crippen MR) is 102 cm³/mol. The van der Waals surface area contributed by atoms with E-state index in [-0.39, 0.29) is 0 Å². The molecule has 0 spiro atoms. The average Bonchev–Trinajstić information content (AvgIpc) is 3.19. The molecule has 0 N–H and O–H groups in total. The first kappa shape index (κ1) is 16.7. The maximum absolute atomic E-state index is 13.1. The van der Waals surface area contributed by atoms with E-state index in [0.717, 1.165) is 57.9 Å². The maximum atomic E-state index is 13.1. The Kier molecular flexibility index (Phi) is 3.78. The van der Waals surface area contributed by atoms with Crippen LogP contribution in [0.5, 0.6) is 0 Å². The average molecular weight is 375 g/mol. The van der Waals surface area contributed by atoms with Gasteiger partial charge in [-0.25, -0.2) is 4.98 Å². The topological polar surface area (TPSA) is 72.1 Å². The largest absolute Gasteiger partial charge is 0.350 e. The second kappa shape index (κ2) is 6.33. The Morgan fingerprint density at radius 2 is 1.89 bits per heavy atom. The molecule has 0 unspecified atom stereocenters. The Hall–Kier alpha value is -3.42. The minimum Gasteiger partial charge on any atom is -0.350 e. The van der Waals surface area contributed by atoms with Gasteiger partial charge in [0, 0.05) is 59.9 Å². The van der Waals surface area contributed by atoms with Gasteiger partial charge in [-0.1, -0.05) is 0 Å². The monoisotopic (exact) mass is 375 g/mol. The molecular formula is C20H18FN7. The molecular weight excluding hydrogens is 357 g/mol. The number of pyridine rings is 2. The first-order valence-electron chi connectivity index (χ1n) is 9.12. The molecule has 5 rings (SSSR count). The minimum atomic E-state index is -0.484. The van der Waals surface area contributed by atoms with Crippen molar-refractivity contribution in [1.82, 2.24) is 29.8 Å². The molecule has 7 nitrogen and oxygen atoms in total. The Balaban J connectivity index is 1.52. The van der Waals surface area contributed by atoms with Gasteiger partial charge in [-0.3, -0.25) is 4.98 Å². The lowest BCUT2D eigenvalue weighted by atomic mass is 10.0. The number of aryl methyl sites for hydroxylation is 1. The van der Waals surface area contributed by atoms with E-state index >= 15 is 0 Å². The Morgan fingerprint density at radius 3 is 2.71 bits per heavy atom. The Labute approximate surface area is 160 Å². The first-order chi connectivity index (χ1) is 13.6. The number of nitrogens with zero attached hydrogens (tertiary/aromatic N) is 7. The summed E-state index contributed by atoms with van der Waals surface area (Å²) in [7, 11) is 0. The van der Waals surface area contributed by atoms with Crippen molar-refractivity contribution in [3.8, 4) is 11.1 Å². The van der Waals surface area contributed by atoms with Crippen LogP contribution in [0, 0.1) is 19.8 Å².